The second-order valence-electron chi connectivity index (χ2n) is 5.29. The number of benzene rings is 1. The lowest BCUT2D eigenvalue weighted by molar-refractivity contribution is -0.117. The summed E-state index contributed by atoms with van der Waals surface area (Å²) in [5.74, 6) is 0.275. The molecule has 0 N–H and O–H groups in total. The predicted molar refractivity (Wildman–Crippen MR) is 72.6 cm³/mol. The van der Waals surface area contributed by atoms with Crippen LogP contribution < -0.4 is 4.90 Å². The van der Waals surface area contributed by atoms with Crippen LogP contribution in [0.15, 0.2) is 30.3 Å². The summed E-state index contributed by atoms with van der Waals surface area (Å²) >= 11 is 0. The van der Waals surface area contributed by atoms with Gasteiger partial charge >= 0.3 is 0 Å². The Kier molecular flexibility index (Phi) is 3.33. The number of hydrogen-bond acceptors (Lipinski definition) is 2. The first-order valence-corrected chi connectivity index (χ1v) is 6.94. The van der Waals surface area contributed by atoms with E-state index in [-0.39, 0.29) is 5.91 Å². The molecule has 2 saturated heterocycles. The maximum atomic E-state index is 12.1. The lowest BCUT2D eigenvalue weighted by atomic mass is 10.1. The highest BCUT2D eigenvalue weighted by Gasteiger charge is 2.34. The Bertz CT molecular complexity index is 412. The van der Waals surface area contributed by atoms with E-state index in [9.17, 15) is 4.79 Å². The highest BCUT2D eigenvalue weighted by atomic mass is 16.2. The van der Waals surface area contributed by atoms with Crippen molar-refractivity contribution in [3.63, 3.8) is 0 Å². The van der Waals surface area contributed by atoms with E-state index in [1.807, 2.05) is 35.2 Å². The normalized spacial score (nSPS) is 25.7. The van der Waals surface area contributed by atoms with Crippen LogP contribution in [0.3, 0.4) is 0 Å². The zero-order valence-electron chi connectivity index (χ0n) is 10.7. The molecule has 2 heterocycles. The van der Waals surface area contributed by atoms with Crippen LogP contribution in [0, 0.1) is 0 Å². The van der Waals surface area contributed by atoms with Crippen molar-refractivity contribution in [1.82, 2.24) is 4.90 Å². The Morgan fingerprint density at radius 1 is 1.00 bits per heavy atom. The number of carbonyl (C=O) groups is 1. The third kappa shape index (κ3) is 2.27. The van der Waals surface area contributed by atoms with Gasteiger partial charge in [0.15, 0.2) is 0 Å². The second-order valence-corrected chi connectivity index (χ2v) is 5.29. The summed E-state index contributed by atoms with van der Waals surface area (Å²) in [6.07, 6.45) is 4.61. The number of rotatable bonds is 2. The Morgan fingerprint density at radius 3 is 2.44 bits per heavy atom. The number of likely N-dealkylation sites (tertiary alicyclic amines) is 1. The summed E-state index contributed by atoms with van der Waals surface area (Å²) in [5.41, 5.74) is 1.04. The lowest BCUT2D eigenvalue weighted by Crippen LogP contribution is -2.40. The van der Waals surface area contributed by atoms with Gasteiger partial charge in [0.25, 0.3) is 0 Å². The summed E-state index contributed by atoms with van der Waals surface area (Å²) in [5, 5.41) is 0. The lowest BCUT2D eigenvalue weighted by Gasteiger charge is -2.31. The highest BCUT2D eigenvalue weighted by molar-refractivity contribution is 5.96. The van der Waals surface area contributed by atoms with Crippen LogP contribution in [0.2, 0.25) is 0 Å². The monoisotopic (exact) mass is 244 g/mol. The van der Waals surface area contributed by atoms with Gasteiger partial charge in [-0.2, -0.15) is 0 Å². The number of piperidine rings is 1. The zero-order valence-corrected chi connectivity index (χ0v) is 10.7. The standard InChI is InChI=1S/C15H20N2O/c18-15-11-14(16-9-5-2-6-10-16)12-17(15)13-7-3-1-4-8-13/h1,3-4,7-8,14H,2,5-6,9-12H2/t14-/m1/s1. The third-order valence-corrected chi connectivity index (χ3v) is 4.08. The molecule has 1 aromatic rings. The molecule has 0 saturated carbocycles. The van der Waals surface area contributed by atoms with Gasteiger partial charge in [0.2, 0.25) is 5.91 Å². The molecule has 96 valence electrons. The molecule has 0 bridgehead atoms. The Morgan fingerprint density at radius 2 is 1.72 bits per heavy atom. The first-order valence-electron chi connectivity index (χ1n) is 6.94. The first kappa shape index (κ1) is 11.7. The van der Waals surface area contributed by atoms with Crippen molar-refractivity contribution in [2.24, 2.45) is 0 Å². The number of anilines is 1. The molecule has 3 rings (SSSR count). The molecule has 2 aliphatic heterocycles. The number of carbonyl (C=O) groups excluding carboxylic acids is 1. The molecule has 1 amide bonds. The molecule has 2 fully saturated rings. The topological polar surface area (TPSA) is 23.6 Å². The molecule has 0 aliphatic carbocycles. The average Bonchev–Trinajstić information content (AvgIpc) is 2.83. The van der Waals surface area contributed by atoms with Crippen LogP contribution in [0.4, 0.5) is 5.69 Å². The zero-order chi connectivity index (χ0) is 12.4. The van der Waals surface area contributed by atoms with Gasteiger partial charge in [-0.25, -0.2) is 0 Å². The van der Waals surface area contributed by atoms with Crippen molar-refractivity contribution >= 4 is 11.6 Å². The summed E-state index contributed by atoms with van der Waals surface area (Å²) in [7, 11) is 0. The van der Waals surface area contributed by atoms with Gasteiger partial charge in [-0.1, -0.05) is 24.6 Å². The fraction of sp³-hybridized carbons (Fsp3) is 0.533. The van der Waals surface area contributed by atoms with Crippen molar-refractivity contribution in [3.05, 3.63) is 30.3 Å². The Hall–Kier alpha value is -1.35. The molecule has 1 aromatic carbocycles. The highest BCUT2D eigenvalue weighted by Crippen LogP contribution is 2.25. The molecule has 0 unspecified atom stereocenters. The smallest absolute Gasteiger partial charge is 0.228 e. The number of nitrogens with zero attached hydrogens (tertiary/aromatic N) is 2. The second kappa shape index (κ2) is 5.11. The average molecular weight is 244 g/mol. The summed E-state index contributed by atoms with van der Waals surface area (Å²) in [4.78, 5) is 16.6. The molecule has 1 atom stereocenters. The van der Waals surface area contributed by atoms with E-state index in [2.05, 4.69) is 4.90 Å². The fourth-order valence-electron chi connectivity index (χ4n) is 3.07. The maximum Gasteiger partial charge on any atom is 0.228 e. The minimum Gasteiger partial charge on any atom is -0.311 e. The van der Waals surface area contributed by atoms with Gasteiger partial charge in [-0.05, 0) is 38.1 Å². The van der Waals surface area contributed by atoms with Crippen LogP contribution in [0.25, 0.3) is 0 Å². The van der Waals surface area contributed by atoms with Gasteiger partial charge in [0.05, 0.1) is 0 Å². The predicted octanol–water partition coefficient (Wildman–Crippen LogP) is 2.28. The van der Waals surface area contributed by atoms with Crippen LogP contribution in [-0.4, -0.2) is 36.5 Å². The van der Waals surface area contributed by atoms with Crippen molar-refractivity contribution in [2.45, 2.75) is 31.7 Å². The van der Waals surface area contributed by atoms with Crippen molar-refractivity contribution < 1.29 is 4.79 Å². The first-order chi connectivity index (χ1) is 8.84. The molecule has 3 nitrogen and oxygen atoms in total. The van der Waals surface area contributed by atoms with E-state index >= 15 is 0 Å². The van der Waals surface area contributed by atoms with E-state index < -0.39 is 0 Å². The molecule has 0 radical (unpaired) electrons. The molecule has 0 spiro atoms. The Balaban J connectivity index is 1.70. The van der Waals surface area contributed by atoms with Crippen molar-refractivity contribution in [2.75, 3.05) is 24.5 Å². The molecular weight excluding hydrogens is 224 g/mol. The minimum absolute atomic E-state index is 0.275. The molecule has 0 aromatic heterocycles. The van der Waals surface area contributed by atoms with Gasteiger partial charge in [0.1, 0.15) is 0 Å². The summed E-state index contributed by atoms with van der Waals surface area (Å²) < 4.78 is 0. The van der Waals surface area contributed by atoms with Crippen molar-refractivity contribution in [3.8, 4) is 0 Å². The molecular formula is C15H20N2O. The van der Waals surface area contributed by atoms with E-state index in [1.54, 1.807) is 0 Å². The van der Waals surface area contributed by atoms with Crippen molar-refractivity contribution in [1.29, 1.82) is 0 Å². The Labute approximate surface area is 108 Å². The van der Waals surface area contributed by atoms with E-state index in [4.69, 9.17) is 0 Å². The fourth-order valence-corrected chi connectivity index (χ4v) is 3.07. The van der Waals surface area contributed by atoms with Crippen LogP contribution in [0.5, 0.6) is 0 Å². The van der Waals surface area contributed by atoms with Gasteiger partial charge in [-0.15, -0.1) is 0 Å². The number of amides is 1. The van der Waals surface area contributed by atoms with E-state index in [0.717, 1.165) is 12.2 Å². The van der Waals surface area contributed by atoms with Crippen LogP contribution >= 0.6 is 0 Å². The SMILES string of the molecule is O=C1C[C@@H](N2CCCCC2)CN1c1ccccc1. The maximum absolute atomic E-state index is 12.1. The largest absolute Gasteiger partial charge is 0.311 e. The van der Waals surface area contributed by atoms with Crippen LogP contribution in [0.1, 0.15) is 25.7 Å². The van der Waals surface area contributed by atoms with Gasteiger partial charge in [0, 0.05) is 24.7 Å². The molecule has 3 heteroatoms. The minimum atomic E-state index is 0.275. The summed E-state index contributed by atoms with van der Waals surface area (Å²) in [6, 6.07) is 10.5. The van der Waals surface area contributed by atoms with Crippen LogP contribution in [-0.2, 0) is 4.79 Å². The quantitative estimate of drug-likeness (QED) is 0.797. The molecule has 18 heavy (non-hydrogen) atoms. The number of para-hydroxylation sites is 1. The summed E-state index contributed by atoms with van der Waals surface area (Å²) in [6.45, 7) is 3.20. The number of hydrogen-bond donors (Lipinski definition) is 0. The molecule has 2 aliphatic rings. The van der Waals surface area contributed by atoms with Gasteiger partial charge < -0.3 is 4.90 Å². The van der Waals surface area contributed by atoms with Gasteiger partial charge in [-0.3, -0.25) is 9.69 Å². The van der Waals surface area contributed by atoms with E-state index in [0.29, 0.717) is 12.5 Å². The third-order valence-electron chi connectivity index (χ3n) is 4.08. The van der Waals surface area contributed by atoms with E-state index in [1.165, 1.54) is 32.4 Å².